The van der Waals surface area contributed by atoms with Gasteiger partial charge in [-0.1, -0.05) is 6.07 Å². The third-order valence-electron chi connectivity index (χ3n) is 3.07. The monoisotopic (exact) mass is 291 g/mol. The van der Waals surface area contributed by atoms with E-state index in [1.165, 1.54) is 7.11 Å². The maximum absolute atomic E-state index is 11.6. The van der Waals surface area contributed by atoms with Crippen molar-refractivity contribution in [3.8, 4) is 17.4 Å². The third kappa shape index (κ3) is 3.25. The molecule has 1 aromatic carbocycles. The molecule has 1 aromatic heterocycles. The summed E-state index contributed by atoms with van der Waals surface area (Å²) in [6, 6.07) is 6.21. The summed E-state index contributed by atoms with van der Waals surface area (Å²) in [5, 5.41) is 11.6. The second-order valence-electron chi connectivity index (χ2n) is 4.37. The maximum Gasteiger partial charge on any atom is 0.327 e. The summed E-state index contributed by atoms with van der Waals surface area (Å²) in [6.45, 7) is 0.171. The van der Waals surface area contributed by atoms with Crippen LogP contribution in [0.25, 0.3) is 0 Å². The first-order valence-electron chi connectivity index (χ1n) is 6.27. The Balaban J connectivity index is 2.21. The van der Waals surface area contributed by atoms with Crippen molar-refractivity contribution in [3.63, 3.8) is 0 Å². The molecule has 0 radical (unpaired) electrons. The van der Waals surface area contributed by atoms with Crippen LogP contribution in [0.15, 0.2) is 33.9 Å². The number of aromatic nitrogens is 2. The molecular formula is C14H15N2O5-. The van der Waals surface area contributed by atoms with Crippen molar-refractivity contribution in [2.24, 2.45) is 0 Å². The number of H-pyrrole nitrogens is 1. The van der Waals surface area contributed by atoms with E-state index in [0.29, 0.717) is 17.9 Å². The van der Waals surface area contributed by atoms with Crippen molar-refractivity contribution in [2.45, 2.75) is 13.0 Å². The minimum Gasteiger partial charge on any atom is -0.860 e. The molecule has 0 aliphatic heterocycles. The lowest BCUT2D eigenvalue weighted by Crippen LogP contribution is -2.32. The van der Waals surface area contributed by atoms with Gasteiger partial charge in [-0.15, -0.1) is 0 Å². The van der Waals surface area contributed by atoms with Crippen molar-refractivity contribution in [1.29, 1.82) is 0 Å². The molecule has 0 bridgehead atoms. The number of benzene rings is 1. The number of rotatable bonds is 5. The van der Waals surface area contributed by atoms with E-state index in [4.69, 9.17) is 9.47 Å². The van der Waals surface area contributed by atoms with E-state index in [-0.39, 0.29) is 6.54 Å². The number of nitrogens with one attached hydrogen (secondary N) is 1. The molecule has 0 atom stereocenters. The topological polar surface area (TPSA) is 96.4 Å². The second kappa shape index (κ2) is 6.17. The number of nitrogens with zero attached hydrogens (tertiary/aromatic N) is 1. The predicted octanol–water partition coefficient (Wildman–Crippen LogP) is -0.130. The maximum atomic E-state index is 11.6. The Morgan fingerprint density at radius 2 is 1.86 bits per heavy atom. The van der Waals surface area contributed by atoms with Crippen LogP contribution in [0.2, 0.25) is 0 Å². The van der Waals surface area contributed by atoms with E-state index in [1.807, 2.05) is 6.07 Å². The van der Waals surface area contributed by atoms with Gasteiger partial charge in [-0.3, -0.25) is 9.78 Å². The number of ether oxygens (including phenoxy) is 2. The molecule has 21 heavy (non-hydrogen) atoms. The minimum absolute atomic E-state index is 0.171. The number of hydrogen-bond donors (Lipinski definition) is 1. The van der Waals surface area contributed by atoms with Crippen LogP contribution in [0.5, 0.6) is 17.4 Å². The van der Waals surface area contributed by atoms with E-state index in [1.54, 1.807) is 19.2 Å². The quantitative estimate of drug-likeness (QED) is 0.827. The van der Waals surface area contributed by atoms with Gasteiger partial charge in [-0.25, -0.2) is 4.79 Å². The molecule has 0 saturated heterocycles. The van der Waals surface area contributed by atoms with Gasteiger partial charge in [0.2, 0.25) is 0 Å². The zero-order valence-corrected chi connectivity index (χ0v) is 11.7. The van der Waals surface area contributed by atoms with E-state index in [2.05, 4.69) is 4.98 Å². The van der Waals surface area contributed by atoms with Crippen LogP contribution < -0.4 is 25.8 Å². The molecule has 0 aliphatic rings. The van der Waals surface area contributed by atoms with Gasteiger partial charge in [0.25, 0.3) is 5.56 Å². The van der Waals surface area contributed by atoms with Crippen LogP contribution in [0.4, 0.5) is 0 Å². The van der Waals surface area contributed by atoms with Crippen molar-refractivity contribution in [2.75, 3.05) is 14.2 Å². The summed E-state index contributed by atoms with van der Waals surface area (Å²) in [4.78, 5) is 24.6. The summed E-state index contributed by atoms with van der Waals surface area (Å²) >= 11 is 0. The Morgan fingerprint density at radius 3 is 2.48 bits per heavy atom. The fourth-order valence-corrected chi connectivity index (χ4v) is 1.99. The molecule has 1 heterocycles. The Hall–Kier alpha value is -2.70. The van der Waals surface area contributed by atoms with Crippen LogP contribution in [-0.2, 0) is 13.0 Å². The standard InChI is InChI=1S/C14H16N2O5/c1-20-10-4-3-9(7-11(10)21-2)5-6-16-13(18)8-12(17)15-14(16)19/h3-4,7-8,18H,5-6H2,1-2H3,(H,15,17,19)/p-1. The van der Waals surface area contributed by atoms with Crippen LogP contribution >= 0.6 is 0 Å². The first-order valence-corrected chi connectivity index (χ1v) is 6.27. The Kier molecular flexibility index (Phi) is 4.32. The number of aryl methyl sites for hydroxylation is 1. The average molecular weight is 291 g/mol. The summed E-state index contributed by atoms with van der Waals surface area (Å²) in [5.41, 5.74) is -0.509. The van der Waals surface area contributed by atoms with Gasteiger partial charge >= 0.3 is 5.69 Å². The van der Waals surface area contributed by atoms with Crippen molar-refractivity contribution in [1.82, 2.24) is 9.55 Å². The summed E-state index contributed by atoms with van der Waals surface area (Å²) in [6.07, 6.45) is 0.446. The van der Waals surface area contributed by atoms with E-state index in [0.717, 1.165) is 16.2 Å². The largest absolute Gasteiger partial charge is 0.860 e. The summed E-state index contributed by atoms with van der Waals surface area (Å²) in [7, 11) is 3.07. The van der Waals surface area contributed by atoms with Crippen molar-refractivity contribution < 1.29 is 14.6 Å². The SMILES string of the molecule is COc1ccc(CCn2c([O-])cc(=O)[nH]c2=O)cc1OC. The fraction of sp³-hybridized carbons (Fsp3) is 0.286. The van der Waals surface area contributed by atoms with Crippen molar-refractivity contribution >= 4 is 0 Å². The molecule has 0 fully saturated rings. The van der Waals surface area contributed by atoms with Gasteiger partial charge in [-0.2, -0.15) is 0 Å². The number of methoxy groups -OCH3 is 2. The van der Waals surface area contributed by atoms with E-state index in [9.17, 15) is 14.7 Å². The Labute approximate surface area is 120 Å². The highest BCUT2D eigenvalue weighted by molar-refractivity contribution is 5.42. The zero-order chi connectivity index (χ0) is 15.4. The van der Waals surface area contributed by atoms with Crippen LogP contribution in [0.1, 0.15) is 5.56 Å². The van der Waals surface area contributed by atoms with Gasteiger partial charge < -0.3 is 19.1 Å². The molecule has 7 heteroatoms. The van der Waals surface area contributed by atoms with E-state index >= 15 is 0 Å². The van der Waals surface area contributed by atoms with Gasteiger partial charge in [0.1, 0.15) is 0 Å². The van der Waals surface area contributed by atoms with Crippen molar-refractivity contribution in [3.05, 3.63) is 50.7 Å². The van der Waals surface area contributed by atoms with Gasteiger partial charge in [-0.05, 0) is 30.0 Å². The molecule has 2 rings (SSSR count). The molecule has 0 spiro atoms. The second-order valence-corrected chi connectivity index (χ2v) is 4.37. The predicted molar refractivity (Wildman–Crippen MR) is 74.0 cm³/mol. The summed E-state index contributed by atoms with van der Waals surface area (Å²) < 4.78 is 11.3. The van der Waals surface area contributed by atoms with E-state index < -0.39 is 17.1 Å². The molecule has 0 aliphatic carbocycles. The minimum atomic E-state index is -0.701. The highest BCUT2D eigenvalue weighted by atomic mass is 16.5. The molecule has 0 unspecified atom stereocenters. The first kappa shape index (κ1) is 14.7. The fourth-order valence-electron chi connectivity index (χ4n) is 1.99. The number of hydrogen-bond acceptors (Lipinski definition) is 5. The number of aromatic amines is 1. The van der Waals surface area contributed by atoms with Crippen LogP contribution in [0, 0.1) is 0 Å². The average Bonchev–Trinajstić information content (AvgIpc) is 2.45. The Bertz CT molecular complexity index is 748. The first-order chi connectivity index (χ1) is 10.0. The van der Waals surface area contributed by atoms with Gasteiger partial charge in [0.05, 0.1) is 14.2 Å². The molecule has 1 N–H and O–H groups in total. The highest BCUT2D eigenvalue weighted by Crippen LogP contribution is 2.27. The highest BCUT2D eigenvalue weighted by Gasteiger charge is 2.05. The lowest BCUT2D eigenvalue weighted by atomic mass is 10.1. The lowest BCUT2D eigenvalue weighted by Gasteiger charge is -2.15. The smallest absolute Gasteiger partial charge is 0.327 e. The summed E-state index contributed by atoms with van der Waals surface area (Å²) in [5.74, 6) is 0.572. The molecule has 2 aromatic rings. The third-order valence-corrected chi connectivity index (χ3v) is 3.07. The van der Waals surface area contributed by atoms with Crippen LogP contribution in [0.3, 0.4) is 0 Å². The molecule has 0 amide bonds. The zero-order valence-electron chi connectivity index (χ0n) is 11.7. The molecule has 112 valence electrons. The van der Waals surface area contributed by atoms with Gasteiger partial charge in [0.15, 0.2) is 11.5 Å². The normalized spacial score (nSPS) is 10.4. The van der Waals surface area contributed by atoms with Crippen LogP contribution in [-0.4, -0.2) is 23.8 Å². The lowest BCUT2D eigenvalue weighted by molar-refractivity contribution is -0.280. The Morgan fingerprint density at radius 1 is 1.14 bits per heavy atom. The molecule has 0 saturated carbocycles. The van der Waals surface area contributed by atoms with Gasteiger partial charge in [0, 0.05) is 12.6 Å². The molecular weight excluding hydrogens is 276 g/mol. The molecule has 7 nitrogen and oxygen atoms in total.